The van der Waals surface area contributed by atoms with Gasteiger partial charge in [-0.1, -0.05) is 84.0 Å². The standard InChI is InChI=1S/C22H43NO3/c1-5-6-7-8-9-10-11-12-13-14-15-16-17-18-21(24)23-20(4)22(25)26-19(2)3/h19-20H,5-18H2,1-4H3,(H,23,24)/t20-/m0/s1. The molecule has 26 heavy (non-hydrogen) atoms. The summed E-state index contributed by atoms with van der Waals surface area (Å²) in [5.41, 5.74) is 0. The molecule has 1 amide bonds. The summed E-state index contributed by atoms with van der Waals surface area (Å²) in [7, 11) is 0. The minimum Gasteiger partial charge on any atom is -0.461 e. The van der Waals surface area contributed by atoms with Crippen LogP contribution in [0.5, 0.6) is 0 Å². The highest BCUT2D eigenvalue weighted by atomic mass is 16.5. The molecule has 0 aromatic heterocycles. The Morgan fingerprint density at radius 1 is 0.731 bits per heavy atom. The highest BCUT2D eigenvalue weighted by molar-refractivity contribution is 5.84. The van der Waals surface area contributed by atoms with Crippen molar-refractivity contribution in [1.82, 2.24) is 5.32 Å². The second kappa shape index (κ2) is 17.4. The Balaban J connectivity index is 3.39. The number of amides is 1. The lowest BCUT2D eigenvalue weighted by molar-refractivity contribution is -0.150. The first-order chi connectivity index (χ1) is 12.5. The third kappa shape index (κ3) is 16.4. The largest absolute Gasteiger partial charge is 0.461 e. The minimum absolute atomic E-state index is 0.0544. The van der Waals surface area contributed by atoms with Crippen LogP contribution in [0.15, 0.2) is 0 Å². The Morgan fingerprint density at radius 3 is 1.58 bits per heavy atom. The van der Waals surface area contributed by atoms with Crippen LogP contribution in [0, 0.1) is 0 Å². The van der Waals surface area contributed by atoms with Crippen molar-refractivity contribution >= 4 is 11.9 Å². The van der Waals surface area contributed by atoms with Crippen LogP contribution in [0.3, 0.4) is 0 Å². The van der Waals surface area contributed by atoms with E-state index in [9.17, 15) is 9.59 Å². The Labute approximate surface area is 161 Å². The molecule has 0 radical (unpaired) electrons. The van der Waals surface area contributed by atoms with Gasteiger partial charge in [-0.3, -0.25) is 4.79 Å². The second-order valence-electron chi connectivity index (χ2n) is 7.77. The van der Waals surface area contributed by atoms with E-state index in [-0.39, 0.29) is 18.0 Å². The molecule has 0 rings (SSSR count). The summed E-state index contributed by atoms with van der Waals surface area (Å²) in [6.07, 6.45) is 17.2. The molecule has 0 aliphatic heterocycles. The third-order valence-corrected chi connectivity index (χ3v) is 4.59. The molecule has 0 spiro atoms. The van der Waals surface area contributed by atoms with Crippen molar-refractivity contribution in [2.75, 3.05) is 0 Å². The normalized spacial score (nSPS) is 12.2. The van der Waals surface area contributed by atoms with Crippen molar-refractivity contribution in [3.63, 3.8) is 0 Å². The second-order valence-corrected chi connectivity index (χ2v) is 7.77. The average Bonchev–Trinajstić information content (AvgIpc) is 2.58. The Bertz CT molecular complexity index is 355. The molecule has 0 saturated heterocycles. The van der Waals surface area contributed by atoms with Gasteiger partial charge in [-0.25, -0.2) is 4.79 Å². The SMILES string of the molecule is CCCCCCCCCCCCCCCC(=O)N[C@@H](C)C(=O)OC(C)C. The van der Waals surface area contributed by atoms with Crippen molar-refractivity contribution in [1.29, 1.82) is 0 Å². The molecule has 154 valence electrons. The number of esters is 1. The van der Waals surface area contributed by atoms with Crippen molar-refractivity contribution in [2.24, 2.45) is 0 Å². The van der Waals surface area contributed by atoms with Crippen LogP contribution >= 0.6 is 0 Å². The summed E-state index contributed by atoms with van der Waals surface area (Å²) < 4.78 is 5.08. The van der Waals surface area contributed by atoms with Crippen LogP contribution in [-0.2, 0) is 14.3 Å². The predicted molar refractivity (Wildman–Crippen MR) is 109 cm³/mol. The molecule has 0 aromatic rings. The van der Waals surface area contributed by atoms with Gasteiger partial charge in [0.2, 0.25) is 5.91 Å². The van der Waals surface area contributed by atoms with Crippen LogP contribution in [0.25, 0.3) is 0 Å². The predicted octanol–water partition coefficient (Wildman–Crippen LogP) is 5.92. The Morgan fingerprint density at radius 2 is 1.15 bits per heavy atom. The highest BCUT2D eigenvalue weighted by Crippen LogP contribution is 2.13. The van der Waals surface area contributed by atoms with Gasteiger partial charge in [-0.2, -0.15) is 0 Å². The van der Waals surface area contributed by atoms with Crippen molar-refractivity contribution in [2.45, 2.75) is 130 Å². The van der Waals surface area contributed by atoms with Gasteiger partial charge in [0.05, 0.1) is 6.10 Å². The van der Waals surface area contributed by atoms with E-state index in [1.807, 2.05) is 0 Å². The first-order valence-electron chi connectivity index (χ1n) is 11.0. The molecule has 0 saturated carbocycles. The lowest BCUT2D eigenvalue weighted by Gasteiger charge is -2.15. The first-order valence-corrected chi connectivity index (χ1v) is 11.0. The monoisotopic (exact) mass is 369 g/mol. The van der Waals surface area contributed by atoms with E-state index in [1.165, 1.54) is 70.6 Å². The number of ether oxygens (including phenoxy) is 1. The molecule has 0 fully saturated rings. The van der Waals surface area contributed by atoms with E-state index < -0.39 is 6.04 Å². The van der Waals surface area contributed by atoms with E-state index in [2.05, 4.69) is 12.2 Å². The Hall–Kier alpha value is -1.06. The van der Waals surface area contributed by atoms with Gasteiger partial charge in [-0.15, -0.1) is 0 Å². The molecule has 1 atom stereocenters. The molecule has 0 heterocycles. The van der Waals surface area contributed by atoms with E-state index in [0.29, 0.717) is 6.42 Å². The van der Waals surface area contributed by atoms with Gasteiger partial charge in [-0.05, 0) is 27.2 Å². The smallest absolute Gasteiger partial charge is 0.328 e. The molecule has 1 N–H and O–H groups in total. The number of hydrogen-bond donors (Lipinski definition) is 1. The van der Waals surface area contributed by atoms with Crippen LogP contribution < -0.4 is 5.32 Å². The molecular weight excluding hydrogens is 326 g/mol. The van der Waals surface area contributed by atoms with Gasteiger partial charge in [0.15, 0.2) is 0 Å². The number of unbranched alkanes of at least 4 members (excludes halogenated alkanes) is 12. The zero-order chi connectivity index (χ0) is 19.6. The lowest BCUT2D eigenvalue weighted by Crippen LogP contribution is -2.40. The Kier molecular flexibility index (Phi) is 16.7. The zero-order valence-corrected chi connectivity index (χ0v) is 17.8. The summed E-state index contributed by atoms with van der Waals surface area (Å²) in [5.74, 6) is -0.417. The maximum atomic E-state index is 11.8. The van der Waals surface area contributed by atoms with E-state index in [4.69, 9.17) is 4.74 Å². The van der Waals surface area contributed by atoms with Crippen LogP contribution in [0.1, 0.15) is 118 Å². The summed E-state index contributed by atoms with van der Waals surface area (Å²) >= 11 is 0. The minimum atomic E-state index is -0.563. The molecule has 4 nitrogen and oxygen atoms in total. The van der Waals surface area contributed by atoms with Gasteiger partial charge in [0.1, 0.15) is 6.04 Å². The average molecular weight is 370 g/mol. The highest BCUT2D eigenvalue weighted by Gasteiger charge is 2.17. The molecule has 0 aromatic carbocycles. The van der Waals surface area contributed by atoms with Gasteiger partial charge >= 0.3 is 5.97 Å². The summed E-state index contributed by atoms with van der Waals surface area (Å²) in [6.45, 7) is 7.54. The zero-order valence-electron chi connectivity index (χ0n) is 17.8. The fourth-order valence-corrected chi connectivity index (χ4v) is 3.01. The fraction of sp³-hybridized carbons (Fsp3) is 0.909. The number of nitrogens with one attached hydrogen (secondary N) is 1. The topological polar surface area (TPSA) is 55.4 Å². The van der Waals surface area contributed by atoms with Crippen molar-refractivity contribution in [3.8, 4) is 0 Å². The van der Waals surface area contributed by atoms with Crippen LogP contribution in [-0.4, -0.2) is 24.0 Å². The molecule has 0 aliphatic carbocycles. The quantitative estimate of drug-likeness (QED) is 0.255. The summed E-state index contributed by atoms with van der Waals surface area (Å²) in [6, 6.07) is -0.563. The molecule has 0 unspecified atom stereocenters. The first kappa shape index (κ1) is 24.9. The van der Waals surface area contributed by atoms with Crippen LogP contribution in [0.4, 0.5) is 0 Å². The van der Waals surface area contributed by atoms with Gasteiger partial charge in [0.25, 0.3) is 0 Å². The van der Waals surface area contributed by atoms with E-state index >= 15 is 0 Å². The molecular formula is C22H43NO3. The summed E-state index contributed by atoms with van der Waals surface area (Å²) in [5, 5.41) is 2.71. The maximum absolute atomic E-state index is 11.8. The molecule has 0 bridgehead atoms. The van der Waals surface area contributed by atoms with Gasteiger partial charge in [0, 0.05) is 6.42 Å². The maximum Gasteiger partial charge on any atom is 0.328 e. The number of hydrogen-bond acceptors (Lipinski definition) is 3. The van der Waals surface area contributed by atoms with E-state index in [1.54, 1.807) is 20.8 Å². The number of rotatable bonds is 17. The molecule has 4 heteroatoms. The lowest BCUT2D eigenvalue weighted by atomic mass is 10.0. The van der Waals surface area contributed by atoms with Crippen LogP contribution in [0.2, 0.25) is 0 Å². The van der Waals surface area contributed by atoms with Crippen molar-refractivity contribution < 1.29 is 14.3 Å². The number of carbonyl (C=O) groups excluding carboxylic acids is 2. The molecule has 0 aliphatic rings. The van der Waals surface area contributed by atoms with Crippen molar-refractivity contribution in [3.05, 3.63) is 0 Å². The summed E-state index contributed by atoms with van der Waals surface area (Å²) in [4.78, 5) is 23.5. The third-order valence-electron chi connectivity index (χ3n) is 4.59. The van der Waals surface area contributed by atoms with Gasteiger partial charge < -0.3 is 10.1 Å². The fourth-order valence-electron chi connectivity index (χ4n) is 3.01. The van der Waals surface area contributed by atoms with E-state index in [0.717, 1.165) is 12.8 Å². The number of carbonyl (C=O) groups is 2.